The largest absolute Gasteiger partial charge is 0.445 e. The highest BCUT2D eigenvalue weighted by molar-refractivity contribution is 5.87. The number of pyridine rings is 2. The van der Waals surface area contributed by atoms with E-state index in [0.29, 0.717) is 11.3 Å². The number of hydrogen-bond acceptors (Lipinski definition) is 8. The molecule has 5 atom stereocenters. The Balaban J connectivity index is 1.52. The number of urea groups is 1. The minimum Gasteiger partial charge on any atom is -0.445 e. The first-order valence-electron chi connectivity index (χ1n) is 16.6. The molecule has 2 heterocycles. The van der Waals surface area contributed by atoms with Gasteiger partial charge < -0.3 is 35.8 Å². The summed E-state index contributed by atoms with van der Waals surface area (Å²) in [5.41, 5.74) is 2.98. The monoisotopic (exact) mass is 682 g/mol. The molecule has 4 rings (SSSR count). The van der Waals surface area contributed by atoms with Crippen LogP contribution in [-0.2, 0) is 35.5 Å². The molecule has 0 fully saturated rings. The molecule has 0 unspecified atom stereocenters. The predicted octanol–water partition coefficient (Wildman–Crippen LogP) is 3.63. The van der Waals surface area contributed by atoms with Gasteiger partial charge in [-0.3, -0.25) is 14.8 Å². The van der Waals surface area contributed by atoms with Crippen molar-refractivity contribution in [1.29, 1.82) is 0 Å². The van der Waals surface area contributed by atoms with Crippen molar-refractivity contribution in [2.45, 2.75) is 70.2 Å². The zero-order valence-electron chi connectivity index (χ0n) is 28.6. The second-order valence-electron chi connectivity index (χ2n) is 12.5. The normalized spacial score (nSPS) is 14.0. The van der Waals surface area contributed by atoms with Gasteiger partial charge in [0.25, 0.3) is 0 Å². The third-order valence-electron chi connectivity index (χ3n) is 8.20. The molecule has 0 aliphatic carbocycles. The molecule has 12 heteroatoms. The molecule has 0 bridgehead atoms. The van der Waals surface area contributed by atoms with Crippen molar-refractivity contribution in [3.63, 3.8) is 0 Å². The summed E-state index contributed by atoms with van der Waals surface area (Å²) >= 11 is 0. The summed E-state index contributed by atoms with van der Waals surface area (Å²) in [7, 11) is 1.61. The molecule has 2 aromatic carbocycles. The summed E-state index contributed by atoms with van der Waals surface area (Å²) in [6.07, 6.45) is 1.29. The number of carbonyl (C=O) groups is 3. The highest BCUT2D eigenvalue weighted by atomic mass is 16.5. The van der Waals surface area contributed by atoms with Crippen LogP contribution in [-0.4, -0.2) is 80.5 Å². The lowest BCUT2D eigenvalue weighted by molar-refractivity contribution is -0.126. The van der Waals surface area contributed by atoms with Crippen LogP contribution in [0.4, 0.5) is 9.59 Å². The lowest BCUT2D eigenvalue weighted by Crippen LogP contribution is -2.60. The average Bonchev–Trinajstić information content (AvgIpc) is 3.13. The maximum absolute atomic E-state index is 13.8. The highest BCUT2D eigenvalue weighted by Crippen LogP contribution is 2.16. The zero-order chi connectivity index (χ0) is 35.9. The van der Waals surface area contributed by atoms with Crippen molar-refractivity contribution in [3.05, 3.63) is 132 Å². The molecule has 0 aliphatic heterocycles. The fraction of sp³-hybridized carbons (Fsp3) is 0.342. The molecular formula is C38H46N6O6. The second-order valence-corrected chi connectivity index (χ2v) is 12.5. The summed E-state index contributed by atoms with van der Waals surface area (Å²) in [5, 5.41) is 31.8. The Labute approximate surface area is 292 Å². The van der Waals surface area contributed by atoms with Gasteiger partial charge in [0.15, 0.2) is 0 Å². The van der Waals surface area contributed by atoms with Crippen molar-refractivity contribution in [3.8, 4) is 0 Å². The van der Waals surface area contributed by atoms with Crippen LogP contribution in [0, 0.1) is 5.92 Å². The number of alkyl carbamates (subject to hydrolysis) is 1. The minimum atomic E-state index is -1.54. The molecule has 0 radical (unpaired) electrons. The standard InChI is InChI=1S/C38H46N6O6/c1-26(2)33(43-37(48)44(3)24-30-18-10-11-20-40-30)36(47)41-31(21-27-13-6-4-7-14-27)34(45)35(46)32(22-28-15-8-5-9-16-28)42-38(49)50-25-29-17-12-19-39-23-29/h4-20,23,26,31-35,45-46H,21-22,24-25H2,1-3H3,(H,41,47)(H,42,49)(H,43,48)/t31-,32-,33-,34+,35-/m0/s1. The Morgan fingerprint density at radius 1 is 0.740 bits per heavy atom. The Morgan fingerprint density at radius 3 is 1.86 bits per heavy atom. The number of nitrogens with zero attached hydrogens (tertiary/aromatic N) is 3. The first-order valence-corrected chi connectivity index (χ1v) is 16.6. The van der Waals surface area contributed by atoms with Crippen LogP contribution in [0.1, 0.15) is 36.2 Å². The Bertz CT molecular complexity index is 1610. The lowest BCUT2D eigenvalue weighted by Gasteiger charge is -2.34. The maximum Gasteiger partial charge on any atom is 0.407 e. The molecule has 0 saturated carbocycles. The van der Waals surface area contributed by atoms with Crippen LogP contribution in [0.5, 0.6) is 0 Å². The second kappa shape index (κ2) is 19.0. The number of carbonyl (C=O) groups excluding carboxylic acids is 3. The SMILES string of the molecule is CC(C)[C@H](NC(=O)N(C)Cc1ccccn1)C(=O)N[C@@H](Cc1ccccc1)[C@@H](O)[C@@H](O)[C@H](Cc1ccccc1)NC(=O)OCc1cccnc1. The topological polar surface area (TPSA) is 166 Å². The van der Waals surface area contributed by atoms with Crippen molar-refractivity contribution in [2.24, 2.45) is 5.92 Å². The van der Waals surface area contributed by atoms with Gasteiger partial charge in [-0.2, -0.15) is 0 Å². The minimum absolute atomic E-state index is 0.0393. The molecular weight excluding hydrogens is 636 g/mol. The van der Waals surface area contributed by atoms with E-state index in [4.69, 9.17) is 4.74 Å². The van der Waals surface area contributed by atoms with E-state index in [1.54, 1.807) is 63.8 Å². The number of aliphatic hydroxyl groups is 2. The number of rotatable bonds is 16. The Kier molecular flexibility index (Phi) is 14.3. The van der Waals surface area contributed by atoms with E-state index in [-0.39, 0.29) is 31.9 Å². The number of aromatic nitrogens is 2. The summed E-state index contributed by atoms with van der Waals surface area (Å²) in [6, 6.07) is 23.9. The van der Waals surface area contributed by atoms with Crippen LogP contribution in [0.3, 0.4) is 0 Å². The number of amides is 4. The molecule has 4 amide bonds. The molecule has 5 N–H and O–H groups in total. The molecule has 4 aromatic rings. The van der Waals surface area contributed by atoms with Crippen molar-refractivity contribution in [1.82, 2.24) is 30.8 Å². The highest BCUT2D eigenvalue weighted by Gasteiger charge is 2.36. The van der Waals surface area contributed by atoms with E-state index in [0.717, 1.165) is 11.1 Å². The fourth-order valence-corrected chi connectivity index (χ4v) is 5.41. The van der Waals surface area contributed by atoms with Crippen LogP contribution in [0.2, 0.25) is 0 Å². The van der Waals surface area contributed by atoms with Gasteiger partial charge in [-0.05, 0) is 48.1 Å². The maximum atomic E-state index is 13.8. The molecule has 2 aromatic heterocycles. The van der Waals surface area contributed by atoms with Gasteiger partial charge in [-0.25, -0.2) is 9.59 Å². The van der Waals surface area contributed by atoms with E-state index in [1.807, 2.05) is 66.7 Å². The molecule has 264 valence electrons. The smallest absolute Gasteiger partial charge is 0.407 e. The van der Waals surface area contributed by atoms with Gasteiger partial charge in [-0.1, -0.05) is 86.6 Å². The average molecular weight is 683 g/mol. The number of aliphatic hydroxyl groups excluding tert-OH is 2. The third-order valence-corrected chi connectivity index (χ3v) is 8.20. The van der Waals surface area contributed by atoms with Crippen LogP contribution < -0.4 is 16.0 Å². The van der Waals surface area contributed by atoms with Gasteiger partial charge in [0.2, 0.25) is 5.91 Å². The summed E-state index contributed by atoms with van der Waals surface area (Å²) in [6.45, 7) is 3.80. The van der Waals surface area contributed by atoms with E-state index in [2.05, 4.69) is 25.9 Å². The quantitative estimate of drug-likeness (QED) is 0.120. The van der Waals surface area contributed by atoms with E-state index in [1.165, 1.54) is 4.90 Å². The van der Waals surface area contributed by atoms with E-state index < -0.39 is 48.4 Å². The summed E-state index contributed by atoms with van der Waals surface area (Å²) < 4.78 is 5.40. The first-order chi connectivity index (χ1) is 24.1. The van der Waals surface area contributed by atoms with Crippen LogP contribution >= 0.6 is 0 Å². The molecule has 0 spiro atoms. The number of hydrogen-bond donors (Lipinski definition) is 5. The summed E-state index contributed by atoms with van der Waals surface area (Å²) in [5.74, 6) is -0.848. The number of ether oxygens (including phenoxy) is 1. The Hall–Kier alpha value is -5.33. The van der Waals surface area contributed by atoms with Gasteiger partial charge in [-0.15, -0.1) is 0 Å². The van der Waals surface area contributed by atoms with Gasteiger partial charge in [0.05, 0.1) is 24.3 Å². The van der Waals surface area contributed by atoms with Gasteiger partial charge in [0, 0.05) is 31.2 Å². The zero-order valence-corrected chi connectivity index (χ0v) is 28.6. The van der Waals surface area contributed by atoms with E-state index >= 15 is 0 Å². The fourth-order valence-electron chi connectivity index (χ4n) is 5.41. The van der Waals surface area contributed by atoms with Crippen molar-refractivity contribution < 1.29 is 29.3 Å². The number of benzene rings is 2. The van der Waals surface area contributed by atoms with Crippen LogP contribution in [0.15, 0.2) is 110 Å². The molecule has 0 aliphatic rings. The molecule has 50 heavy (non-hydrogen) atoms. The van der Waals surface area contributed by atoms with Gasteiger partial charge in [0.1, 0.15) is 24.9 Å². The van der Waals surface area contributed by atoms with Crippen LogP contribution in [0.25, 0.3) is 0 Å². The van der Waals surface area contributed by atoms with E-state index in [9.17, 15) is 24.6 Å². The predicted molar refractivity (Wildman–Crippen MR) is 188 cm³/mol. The molecule has 12 nitrogen and oxygen atoms in total. The van der Waals surface area contributed by atoms with Crippen molar-refractivity contribution in [2.75, 3.05) is 7.05 Å². The van der Waals surface area contributed by atoms with Gasteiger partial charge >= 0.3 is 12.1 Å². The lowest BCUT2D eigenvalue weighted by atomic mass is 9.90. The number of nitrogens with one attached hydrogen (secondary N) is 3. The first kappa shape index (κ1) is 37.5. The summed E-state index contributed by atoms with van der Waals surface area (Å²) in [4.78, 5) is 49.7. The van der Waals surface area contributed by atoms with Crippen molar-refractivity contribution >= 4 is 18.0 Å². The molecule has 0 saturated heterocycles. The Morgan fingerprint density at radius 2 is 1.32 bits per heavy atom. The third kappa shape index (κ3) is 11.7.